The minimum atomic E-state index is 0.423. The second-order valence-electron chi connectivity index (χ2n) is 6.26. The minimum absolute atomic E-state index is 0.423. The fourth-order valence-electron chi connectivity index (χ4n) is 4.08. The number of hydrogen-bond donors (Lipinski definition) is 1. The lowest BCUT2D eigenvalue weighted by Crippen LogP contribution is -2.28. The molecule has 0 spiro atoms. The standard InChI is InChI=1S/C18H23N3/c1-2-19-18-14-8-4-3-7-13(14)11-17(18)21-12-20-15-9-5-6-10-16(15)21/h3-4,7-8,12,17-19H,2,5-6,9-11H2,1H3. The Morgan fingerprint density at radius 3 is 3.00 bits per heavy atom. The monoisotopic (exact) mass is 281 g/mol. The van der Waals surface area contributed by atoms with Gasteiger partial charge in [0, 0.05) is 5.69 Å². The molecule has 0 aliphatic heterocycles. The summed E-state index contributed by atoms with van der Waals surface area (Å²) in [5, 5.41) is 3.70. The Labute approximate surface area is 126 Å². The highest BCUT2D eigenvalue weighted by atomic mass is 15.1. The number of benzene rings is 1. The van der Waals surface area contributed by atoms with Gasteiger partial charge in [0.2, 0.25) is 0 Å². The highest BCUT2D eigenvalue weighted by Gasteiger charge is 2.34. The largest absolute Gasteiger partial charge is 0.329 e. The van der Waals surface area contributed by atoms with Gasteiger partial charge in [-0.2, -0.15) is 0 Å². The summed E-state index contributed by atoms with van der Waals surface area (Å²) >= 11 is 0. The van der Waals surface area contributed by atoms with E-state index in [1.807, 2.05) is 0 Å². The van der Waals surface area contributed by atoms with Crippen LogP contribution < -0.4 is 5.32 Å². The second-order valence-corrected chi connectivity index (χ2v) is 6.26. The predicted octanol–water partition coefficient (Wildman–Crippen LogP) is 3.21. The molecule has 1 heterocycles. The molecule has 2 aliphatic carbocycles. The summed E-state index contributed by atoms with van der Waals surface area (Å²) in [6.07, 6.45) is 8.18. The number of imidazole rings is 1. The number of hydrogen-bond acceptors (Lipinski definition) is 2. The number of aryl methyl sites for hydroxylation is 1. The highest BCUT2D eigenvalue weighted by molar-refractivity contribution is 5.37. The van der Waals surface area contributed by atoms with E-state index in [0.29, 0.717) is 12.1 Å². The summed E-state index contributed by atoms with van der Waals surface area (Å²) in [6.45, 7) is 3.20. The quantitative estimate of drug-likeness (QED) is 0.936. The van der Waals surface area contributed by atoms with E-state index >= 15 is 0 Å². The van der Waals surface area contributed by atoms with Crippen molar-refractivity contribution in [2.45, 2.75) is 51.1 Å². The summed E-state index contributed by atoms with van der Waals surface area (Å²) < 4.78 is 2.47. The van der Waals surface area contributed by atoms with Crippen molar-refractivity contribution in [3.8, 4) is 0 Å². The van der Waals surface area contributed by atoms with Crippen molar-refractivity contribution < 1.29 is 0 Å². The fraction of sp³-hybridized carbons (Fsp3) is 0.500. The molecule has 0 radical (unpaired) electrons. The van der Waals surface area contributed by atoms with Crippen LogP contribution in [-0.4, -0.2) is 16.1 Å². The van der Waals surface area contributed by atoms with Crippen LogP contribution in [0.3, 0.4) is 0 Å². The van der Waals surface area contributed by atoms with E-state index in [9.17, 15) is 0 Å². The Morgan fingerprint density at radius 2 is 2.10 bits per heavy atom. The van der Waals surface area contributed by atoms with E-state index < -0.39 is 0 Å². The molecule has 0 saturated heterocycles. The Bertz CT molecular complexity index is 644. The second kappa shape index (κ2) is 5.30. The SMILES string of the molecule is CCNC1c2ccccc2CC1n1cnc2c1CCCC2. The van der Waals surface area contributed by atoms with Gasteiger partial charge in [-0.25, -0.2) is 4.98 Å². The van der Waals surface area contributed by atoms with Crippen molar-refractivity contribution in [2.75, 3.05) is 6.54 Å². The molecular formula is C18H23N3. The first-order valence-electron chi connectivity index (χ1n) is 8.24. The molecule has 0 fully saturated rings. The molecule has 0 bridgehead atoms. The van der Waals surface area contributed by atoms with Crippen LogP contribution in [-0.2, 0) is 19.3 Å². The maximum Gasteiger partial charge on any atom is 0.0955 e. The molecule has 21 heavy (non-hydrogen) atoms. The van der Waals surface area contributed by atoms with E-state index in [-0.39, 0.29) is 0 Å². The zero-order valence-corrected chi connectivity index (χ0v) is 12.7. The summed E-state index contributed by atoms with van der Waals surface area (Å²) in [7, 11) is 0. The van der Waals surface area contributed by atoms with Crippen LogP contribution in [0.4, 0.5) is 0 Å². The van der Waals surface area contributed by atoms with E-state index in [2.05, 4.69) is 47.4 Å². The molecule has 0 amide bonds. The van der Waals surface area contributed by atoms with Crippen LogP contribution in [0.5, 0.6) is 0 Å². The number of likely N-dealkylation sites (N-methyl/N-ethyl adjacent to an activating group) is 1. The van der Waals surface area contributed by atoms with Gasteiger partial charge in [0.1, 0.15) is 0 Å². The van der Waals surface area contributed by atoms with Gasteiger partial charge in [-0.3, -0.25) is 0 Å². The molecular weight excluding hydrogens is 258 g/mol. The molecule has 2 unspecified atom stereocenters. The van der Waals surface area contributed by atoms with Crippen molar-refractivity contribution in [3.63, 3.8) is 0 Å². The average Bonchev–Trinajstić information content (AvgIpc) is 3.09. The third kappa shape index (κ3) is 2.11. The molecule has 2 aliphatic rings. The molecule has 3 heteroatoms. The third-order valence-corrected chi connectivity index (χ3v) is 5.05. The van der Waals surface area contributed by atoms with Crippen molar-refractivity contribution in [1.82, 2.24) is 14.9 Å². The summed E-state index contributed by atoms with van der Waals surface area (Å²) in [4.78, 5) is 4.69. The lowest BCUT2D eigenvalue weighted by Gasteiger charge is -2.25. The van der Waals surface area contributed by atoms with Crippen LogP contribution in [0.2, 0.25) is 0 Å². The van der Waals surface area contributed by atoms with E-state index in [0.717, 1.165) is 19.4 Å². The third-order valence-electron chi connectivity index (χ3n) is 5.05. The van der Waals surface area contributed by atoms with Gasteiger partial charge in [-0.1, -0.05) is 31.2 Å². The van der Waals surface area contributed by atoms with Crippen molar-refractivity contribution in [2.24, 2.45) is 0 Å². The van der Waals surface area contributed by atoms with Crippen molar-refractivity contribution >= 4 is 0 Å². The molecule has 1 aromatic heterocycles. The first-order chi connectivity index (χ1) is 10.4. The van der Waals surface area contributed by atoms with Gasteiger partial charge in [0.05, 0.1) is 24.1 Å². The predicted molar refractivity (Wildman–Crippen MR) is 84.5 cm³/mol. The summed E-state index contributed by atoms with van der Waals surface area (Å²) in [6, 6.07) is 9.79. The molecule has 1 N–H and O–H groups in total. The Balaban J connectivity index is 1.73. The fourth-order valence-corrected chi connectivity index (χ4v) is 4.08. The number of fused-ring (bicyclic) bond motifs is 2. The van der Waals surface area contributed by atoms with Gasteiger partial charge < -0.3 is 9.88 Å². The van der Waals surface area contributed by atoms with Gasteiger partial charge in [0.15, 0.2) is 0 Å². The highest BCUT2D eigenvalue weighted by Crippen LogP contribution is 2.40. The van der Waals surface area contributed by atoms with E-state index in [4.69, 9.17) is 4.98 Å². The lowest BCUT2D eigenvalue weighted by atomic mass is 10.00. The first-order valence-corrected chi connectivity index (χ1v) is 8.24. The van der Waals surface area contributed by atoms with Crippen molar-refractivity contribution in [3.05, 3.63) is 53.1 Å². The maximum absolute atomic E-state index is 4.69. The van der Waals surface area contributed by atoms with E-state index in [1.165, 1.54) is 41.8 Å². The van der Waals surface area contributed by atoms with Gasteiger partial charge >= 0.3 is 0 Å². The van der Waals surface area contributed by atoms with Crippen LogP contribution in [0, 0.1) is 0 Å². The van der Waals surface area contributed by atoms with Crippen LogP contribution in [0.25, 0.3) is 0 Å². The molecule has 2 aromatic rings. The lowest BCUT2D eigenvalue weighted by molar-refractivity contribution is 0.376. The smallest absolute Gasteiger partial charge is 0.0955 e. The number of nitrogens with one attached hydrogen (secondary N) is 1. The molecule has 3 nitrogen and oxygen atoms in total. The Morgan fingerprint density at radius 1 is 1.24 bits per heavy atom. The number of aromatic nitrogens is 2. The molecule has 0 saturated carbocycles. The summed E-state index contributed by atoms with van der Waals surface area (Å²) in [5.74, 6) is 0. The van der Waals surface area contributed by atoms with Gasteiger partial charge in [-0.05, 0) is 49.8 Å². The summed E-state index contributed by atoms with van der Waals surface area (Å²) in [5.41, 5.74) is 5.80. The van der Waals surface area contributed by atoms with Crippen LogP contribution in [0.1, 0.15) is 54.4 Å². The van der Waals surface area contributed by atoms with Gasteiger partial charge in [0.25, 0.3) is 0 Å². The normalized spacial score (nSPS) is 23.9. The maximum atomic E-state index is 4.69. The van der Waals surface area contributed by atoms with E-state index in [1.54, 1.807) is 0 Å². The topological polar surface area (TPSA) is 29.9 Å². The molecule has 110 valence electrons. The molecule has 2 atom stereocenters. The Kier molecular flexibility index (Phi) is 3.30. The zero-order valence-electron chi connectivity index (χ0n) is 12.7. The van der Waals surface area contributed by atoms with Crippen molar-refractivity contribution in [1.29, 1.82) is 0 Å². The molecule has 4 rings (SSSR count). The minimum Gasteiger partial charge on any atom is -0.329 e. The first kappa shape index (κ1) is 13.1. The Hall–Kier alpha value is -1.61. The average molecular weight is 281 g/mol. The van der Waals surface area contributed by atoms with Crippen LogP contribution >= 0.6 is 0 Å². The van der Waals surface area contributed by atoms with Crippen LogP contribution in [0.15, 0.2) is 30.6 Å². The molecule has 1 aromatic carbocycles. The number of rotatable bonds is 3. The zero-order chi connectivity index (χ0) is 14.2. The van der Waals surface area contributed by atoms with Gasteiger partial charge in [-0.15, -0.1) is 0 Å². The number of nitrogens with zero attached hydrogens (tertiary/aromatic N) is 2.